The molecular formula is C9H14BrNO3. The van der Waals surface area contributed by atoms with Crippen molar-refractivity contribution >= 4 is 27.8 Å². The number of nitrogens with zero attached hydrogens (tertiary/aromatic N) is 1. The van der Waals surface area contributed by atoms with Gasteiger partial charge in [0.1, 0.15) is 0 Å². The summed E-state index contributed by atoms with van der Waals surface area (Å²) in [5.41, 5.74) is 0. The summed E-state index contributed by atoms with van der Waals surface area (Å²) >= 11 is 3.39. The van der Waals surface area contributed by atoms with Crippen molar-refractivity contribution in [2.24, 2.45) is 0 Å². The van der Waals surface area contributed by atoms with Crippen LogP contribution in [0, 0.1) is 0 Å². The SMILES string of the molecule is O=C(O)CCCCN1CC(Br)CC1=O. The van der Waals surface area contributed by atoms with Crippen LogP contribution in [0.2, 0.25) is 0 Å². The van der Waals surface area contributed by atoms with Crippen LogP contribution >= 0.6 is 15.9 Å². The Kier molecular flexibility index (Phi) is 4.38. The highest BCUT2D eigenvalue weighted by Gasteiger charge is 2.26. The molecule has 4 nitrogen and oxygen atoms in total. The molecule has 0 aromatic rings. The first kappa shape index (κ1) is 11.5. The van der Waals surface area contributed by atoms with Gasteiger partial charge in [-0.1, -0.05) is 15.9 Å². The molecule has 1 atom stereocenters. The number of carboxylic acids is 1. The fourth-order valence-corrected chi connectivity index (χ4v) is 2.15. The first-order valence-corrected chi connectivity index (χ1v) is 5.65. The quantitative estimate of drug-likeness (QED) is 0.600. The first-order chi connectivity index (χ1) is 6.59. The van der Waals surface area contributed by atoms with Gasteiger partial charge in [-0.05, 0) is 12.8 Å². The molecule has 0 aromatic heterocycles. The third-order valence-electron chi connectivity index (χ3n) is 2.24. The lowest BCUT2D eigenvalue weighted by Crippen LogP contribution is -2.26. The number of amides is 1. The molecule has 1 amide bonds. The van der Waals surface area contributed by atoms with Gasteiger partial charge < -0.3 is 10.0 Å². The van der Waals surface area contributed by atoms with Crippen molar-refractivity contribution in [1.29, 1.82) is 0 Å². The highest BCUT2D eigenvalue weighted by atomic mass is 79.9. The summed E-state index contributed by atoms with van der Waals surface area (Å²) in [6.45, 7) is 1.44. The van der Waals surface area contributed by atoms with Crippen molar-refractivity contribution < 1.29 is 14.7 Å². The number of carbonyl (C=O) groups excluding carboxylic acids is 1. The van der Waals surface area contributed by atoms with Crippen LogP contribution in [0.5, 0.6) is 0 Å². The Bertz CT molecular complexity index is 232. The highest BCUT2D eigenvalue weighted by Crippen LogP contribution is 2.18. The van der Waals surface area contributed by atoms with E-state index in [9.17, 15) is 9.59 Å². The van der Waals surface area contributed by atoms with Crippen LogP contribution in [0.25, 0.3) is 0 Å². The fraction of sp³-hybridized carbons (Fsp3) is 0.778. The molecular weight excluding hydrogens is 250 g/mol. The predicted molar refractivity (Wildman–Crippen MR) is 55.4 cm³/mol. The van der Waals surface area contributed by atoms with Gasteiger partial charge in [0, 0.05) is 30.8 Å². The molecule has 0 aliphatic carbocycles. The minimum atomic E-state index is -0.767. The van der Waals surface area contributed by atoms with E-state index in [-0.39, 0.29) is 17.2 Å². The van der Waals surface area contributed by atoms with Gasteiger partial charge in [-0.3, -0.25) is 9.59 Å². The van der Waals surface area contributed by atoms with Gasteiger partial charge in [0.05, 0.1) is 0 Å². The van der Waals surface area contributed by atoms with E-state index in [1.807, 2.05) is 0 Å². The summed E-state index contributed by atoms with van der Waals surface area (Å²) in [6.07, 6.45) is 2.18. The second-order valence-corrected chi connectivity index (χ2v) is 4.79. The average molecular weight is 264 g/mol. The monoisotopic (exact) mass is 263 g/mol. The molecule has 1 rings (SSSR count). The number of carboxylic acid groups (broad SMARTS) is 1. The van der Waals surface area contributed by atoms with Crippen LogP contribution < -0.4 is 0 Å². The maximum Gasteiger partial charge on any atom is 0.303 e. The number of hydrogen-bond donors (Lipinski definition) is 1. The van der Waals surface area contributed by atoms with E-state index in [1.54, 1.807) is 4.90 Å². The zero-order valence-electron chi connectivity index (χ0n) is 7.91. The fourth-order valence-electron chi connectivity index (χ4n) is 1.52. The standard InChI is InChI=1S/C9H14BrNO3/c10-7-5-8(12)11(6-7)4-2-1-3-9(13)14/h7H,1-6H2,(H,13,14). The van der Waals surface area contributed by atoms with Gasteiger partial charge in [-0.25, -0.2) is 0 Å². The van der Waals surface area contributed by atoms with Crippen LogP contribution in [0.4, 0.5) is 0 Å². The van der Waals surface area contributed by atoms with Gasteiger partial charge in [-0.15, -0.1) is 0 Å². The Balaban J connectivity index is 2.13. The second-order valence-electron chi connectivity index (χ2n) is 3.49. The molecule has 0 aromatic carbocycles. The Hall–Kier alpha value is -0.580. The molecule has 14 heavy (non-hydrogen) atoms. The van der Waals surface area contributed by atoms with Crippen LogP contribution in [0.3, 0.4) is 0 Å². The van der Waals surface area contributed by atoms with Gasteiger partial charge in [0.2, 0.25) is 5.91 Å². The maximum absolute atomic E-state index is 11.3. The molecule has 1 aliphatic rings. The van der Waals surface area contributed by atoms with Gasteiger partial charge >= 0.3 is 5.97 Å². The Morgan fingerprint density at radius 2 is 2.29 bits per heavy atom. The number of halogens is 1. The van der Waals surface area contributed by atoms with Gasteiger partial charge in [0.15, 0.2) is 0 Å². The number of aliphatic carboxylic acids is 1. The van der Waals surface area contributed by atoms with E-state index in [0.717, 1.165) is 13.0 Å². The molecule has 5 heteroatoms. The van der Waals surface area contributed by atoms with E-state index < -0.39 is 5.97 Å². The van der Waals surface area contributed by atoms with E-state index in [1.165, 1.54) is 0 Å². The first-order valence-electron chi connectivity index (χ1n) is 4.73. The van der Waals surface area contributed by atoms with Crippen LogP contribution in [-0.2, 0) is 9.59 Å². The highest BCUT2D eigenvalue weighted by molar-refractivity contribution is 9.09. The van der Waals surface area contributed by atoms with Crippen molar-refractivity contribution in [3.63, 3.8) is 0 Å². The van der Waals surface area contributed by atoms with E-state index in [4.69, 9.17) is 5.11 Å². The van der Waals surface area contributed by atoms with E-state index in [2.05, 4.69) is 15.9 Å². The molecule has 1 aliphatic heterocycles. The molecule has 1 N–H and O–H groups in total. The second kappa shape index (κ2) is 5.34. The zero-order chi connectivity index (χ0) is 10.6. The van der Waals surface area contributed by atoms with Gasteiger partial charge in [-0.2, -0.15) is 0 Å². The number of hydrogen-bond acceptors (Lipinski definition) is 2. The lowest BCUT2D eigenvalue weighted by atomic mass is 10.2. The lowest BCUT2D eigenvalue weighted by Gasteiger charge is -2.14. The summed E-state index contributed by atoms with van der Waals surface area (Å²) in [7, 11) is 0. The van der Waals surface area contributed by atoms with Gasteiger partial charge in [0.25, 0.3) is 0 Å². The number of unbranched alkanes of at least 4 members (excludes halogenated alkanes) is 1. The Morgan fingerprint density at radius 1 is 1.57 bits per heavy atom. The normalized spacial score (nSPS) is 21.6. The molecule has 1 heterocycles. The molecule has 0 saturated carbocycles. The average Bonchev–Trinajstić information content (AvgIpc) is 2.39. The van der Waals surface area contributed by atoms with Crippen LogP contribution in [0.15, 0.2) is 0 Å². The van der Waals surface area contributed by atoms with Crippen molar-refractivity contribution in [2.45, 2.75) is 30.5 Å². The topological polar surface area (TPSA) is 57.6 Å². The van der Waals surface area contributed by atoms with Crippen LogP contribution in [0.1, 0.15) is 25.7 Å². The van der Waals surface area contributed by atoms with E-state index in [0.29, 0.717) is 19.4 Å². The van der Waals surface area contributed by atoms with E-state index >= 15 is 0 Å². The summed E-state index contributed by atoms with van der Waals surface area (Å²) < 4.78 is 0. The summed E-state index contributed by atoms with van der Waals surface area (Å²) in [6, 6.07) is 0. The molecule has 0 radical (unpaired) electrons. The maximum atomic E-state index is 11.3. The van der Waals surface area contributed by atoms with Crippen molar-refractivity contribution in [2.75, 3.05) is 13.1 Å². The third-order valence-corrected chi connectivity index (χ3v) is 2.85. The number of alkyl halides is 1. The minimum Gasteiger partial charge on any atom is -0.481 e. The number of carbonyl (C=O) groups is 2. The third kappa shape index (κ3) is 3.65. The Morgan fingerprint density at radius 3 is 2.79 bits per heavy atom. The lowest BCUT2D eigenvalue weighted by molar-refractivity contribution is -0.137. The smallest absolute Gasteiger partial charge is 0.303 e. The molecule has 80 valence electrons. The molecule has 1 unspecified atom stereocenters. The minimum absolute atomic E-state index is 0.169. The number of rotatable bonds is 5. The molecule has 1 fully saturated rings. The zero-order valence-corrected chi connectivity index (χ0v) is 9.49. The summed E-state index contributed by atoms with van der Waals surface area (Å²) in [4.78, 5) is 23.6. The molecule has 1 saturated heterocycles. The molecule has 0 bridgehead atoms. The van der Waals surface area contributed by atoms with Crippen molar-refractivity contribution in [3.8, 4) is 0 Å². The summed E-state index contributed by atoms with van der Waals surface area (Å²) in [5, 5.41) is 8.41. The summed E-state index contributed by atoms with van der Waals surface area (Å²) in [5.74, 6) is -0.599. The van der Waals surface area contributed by atoms with Crippen LogP contribution in [-0.4, -0.2) is 39.8 Å². The van der Waals surface area contributed by atoms with Crippen molar-refractivity contribution in [1.82, 2.24) is 4.90 Å². The number of likely N-dealkylation sites (tertiary alicyclic amines) is 1. The predicted octanol–water partition coefficient (Wildman–Crippen LogP) is 1.24. The largest absolute Gasteiger partial charge is 0.481 e. The Labute approximate surface area is 91.4 Å². The molecule has 0 spiro atoms. The van der Waals surface area contributed by atoms with Crippen molar-refractivity contribution in [3.05, 3.63) is 0 Å².